The summed E-state index contributed by atoms with van der Waals surface area (Å²) in [6, 6.07) is 4.15. The molecule has 2 aromatic rings. The predicted molar refractivity (Wildman–Crippen MR) is 171 cm³/mol. The molecule has 21 nitrogen and oxygen atoms in total. The maximum absolute atomic E-state index is 10.9. The molecule has 0 spiro atoms. The first kappa shape index (κ1) is 39.9. The van der Waals surface area contributed by atoms with E-state index in [9.17, 15) is 71.5 Å². The number of rotatable bonds is 9. The summed E-state index contributed by atoms with van der Waals surface area (Å²) in [5.41, 5.74) is -0.129. The van der Waals surface area contributed by atoms with E-state index < -0.39 is 134 Å². The van der Waals surface area contributed by atoms with Crippen LogP contribution in [0.4, 0.5) is 0 Å². The molecule has 2 aromatic carbocycles. The molecule has 4 heterocycles. The lowest BCUT2D eigenvalue weighted by atomic mass is 9.98. The molecule has 6 rings (SSSR count). The first-order valence-electron chi connectivity index (χ1n) is 16.7. The molecule has 0 aromatic heterocycles. The summed E-state index contributed by atoms with van der Waals surface area (Å²) in [6.07, 6.45) is -25.1. The maximum atomic E-state index is 10.9. The molecule has 3 fully saturated rings. The smallest absolute Gasteiger partial charge is 0.229 e. The molecule has 4 aliphatic rings. The highest BCUT2D eigenvalue weighted by Gasteiger charge is 2.49. The Morgan fingerprint density at radius 3 is 1.80 bits per heavy atom. The summed E-state index contributed by atoms with van der Waals surface area (Å²) in [7, 11) is 0. The highest BCUT2D eigenvalue weighted by Crippen LogP contribution is 2.48. The van der Waals surface area contributed by atoms with E-state index in [-0.39, 0.29) is 28.4 Å². The number of ether oxygens (including phenoxy) is 7. The lowest BCUT2D eigenvalue weighted by molar-refractivity contribution is -0.324. The van der Waals surface area contributed by atoms with Gasteiger partial charge in [-0.2, -0.15) is 0 Å². The number of hydrogen-bond acceptors (Lipinski definition) is 21. The fraction of sp³-hybridized carbons (Fsp3) is 0.576. The van der Waals surface area contributed by atoms with Gasteiger partial charge >= 0.3 is 0 Å². The number of aliphatic hydroxyl groups is 10. The van der Waals surface area contributed by atoms with Crippen molar-refractivity contribution in [2.45, 2.75) is 105 Å². The summed E-state index contributed by atoms with van der Waals surface area (Å²) >= 11 is 0. The third kappa shape index (κ3) is 7.56. The normalized spacial score (nSPS) is 39.6. The van der Waals surface area contributed by atoms with Gasteiger partial charge in [-0.15, -0.1) is 0 Å². The Balaban J connectivity index is 1.32. The van der Waals surface area contributed by atoms with E-state index in [1.807, 2.05) is 0 Å². The van der Waals surface area contributed by atoms with Gasteiger partial charge in [0.15, 0.2) is 29.6 Å². The Bertz CT molecular complexity index is 1650. The number of aromatic hydroxyl groups is 4. The quantitative estimate of drug-likeness (QED) is 0.107. The van der Waals surface area contributed by atoms with Gasteiger partial charge in [0.25, 0.3) is 0 Å². The summed E-state index contributed by atoms with van der Waals surface area (Å²) in [4.78, 5) is 0. The highest BCUT2D eigenvalue weighted by atomic mass is 16.7. The van der Waals surface area contributed by atoms with Gasteiger partial charge in [-0.05, 0) is 25.1 Å². The lowest BCUT2D eigenvalue weighted by Gasteiger charge is -2.43. The Morgan fingerprint density at radius 1 is 0.611 bits per heavy atom. The molecule has 0 aliphatic carbocycles. The molecule has 3 saturated heterocycles. The Morgan fingerprint density at radius 2 is 1.17 bits per heavy atom. The van der Waals surface area contributed by atoms with Crippen LogP contribution in [0.5, 0.6) is 34.5 Å². The molecule has 14 N–H and O–H groups in total. The Hall–Kier alpha value is -3.78. The zero-order chi connectivity index (χ0) is 39.3. The van der Waals surface area contributed by atoms with Crippen LogP contribution in [-0.2, 0) is 23.7 Å². The SMILES string of the molecule is CC1OC(OCC2OC(OC3=Cc4c(cc(O)cc4OC4OC(CO)C(O)C(O)C4O)OC3c3cc(O)c(O)c(O)c3)C(O)C(O)C2O)C(O)C(O)C1O. The van der Waals surface area contributed by atoms with Crippen molar-refractivity contribution < 1.29 is 105 Å². The van der Waals surface area contributed by atoms with Gasteiger partial charge in [-0.3, -0.25) is 0 Å². The maximum Gasteiger partial charge on any atom is 0.229 e. The second-order valence-electron chi connectivity index (χ2n) is 13.3. The van der Waals surface area contributed by atoms with Crippen LogP contribution >= 0.6 is 0 Å². The third-order valence-electron chi connectivity index (χ3n) is 9.52. The zero-order valence-corrected chi connectivity index (χ0v) is 28.2. The van der Waals surface area contributed by atoms with E-state index in [4.69, 9.17) is 33.2 Å². The van der Waals surface area contributed by atoms with Crippen molar-refractivity contribution >= 4 is 6.08 Å². The van der Waals surface area contributed by atoms with Crippen LogP contribution < -0.4 is 9.47 Å². The lowest BCUT2D eigenvalue weighted by Crippen LogP contribution is -2.61. The van der Waals surface area contributed by atoms with Crippen LogP contribution in [0.25, 0.3) is 6.08 Å². The van der Waals surface area contributed by atoms with Crippen LogP contribution in [0, 0.1) is 0 Å². The van der Waals surface area contributed by atoms with Crippen molar-refractivity contribution in [3.63, 3.8) is 0 Å². The molecule has 0 radical (unpaired) electrons. The number of benzene rings is 2. The van der Waals surface area contributed by atoms with Gasteiger partial charge in [0.05, 0.1) is 24.9 Å². The summed E-state index contributed by atoms with van der Waals surface area (Å²) < 4.78 is 40.0. The average Bonchev–Trinajstić information content (AvgIpc) is 3.14. The van der Waals surface area contributed by atoms with Crippen molar-refractivity contribution in [2.75, 3.05) is 13.2 Å². The van der Waals surface area contributed by atoms with Gasteiger partial charge in [0, 0.05) is 17.7 Å². The Labute approximate surface area is 304 Å². The molecular formula is C33H42O21. The van der Waals surface area contributed by atoms with Gasteiger partial charge in [0.1, 0.15) is 90.2 Å². The van der Waals surface area contributed by atoms with E-state index in [1.54, 1.807) is 0 Å². The minimum absolute atomic E-state index is 0.0488. The number of fused-ring (bicyclic) bond motifs is 1. The fourth-order valence-corrected chi connectivity index (χ4v) is 6.35. The second kappa shape index (κ2) is 15.8. The van der Waals surface area contributed by atoms with Crippen molar-refractivity contribution in [3.05, 3.63) is 41.2 Å². The van der Waals surface area contributed by atoms with E-state index in [1.165, 1.54) is 13.0 Å². The molecule has 54 heavy (non-hydrogen) atoms. The number of hydrogen-bond donors (Lipinski definition) is 14. The van der Waals surface area contributed by atoms with E-state index in [0.29, 0.717) is 0 Å². The summed E-state index contributed by atoms with van der Waals surface area (Å²) in [5, 5.41) is 145. The van der Waals surface area contributed by atoms with Gasteiger partial charge < -0.3 is 105 Å². The second-order valence-corrected chi connectivity index (χ2v) is 13.3. The molecule has 21 heteroatoms. The van der Waals surface area contributed by atoms with Crippen LogP contribution in [0.15, 0.2) is 30.0 Å². The summed E-state index contributed by atoms with van der Waals surface area (Å²) in [5.74, 6) is -3.67. The first-order chi connectivity index (χ1) is 25.5. The molecule has 16 atom stereocenters. The van der Waals surface area contributed by atoms with E-state index in [2.05, 4.69) is 0 Å². The molecule has 16 unspecified atom stereocenters. The average molecular weight is 775 g/mol. The van der Waals surface area contributed by atoms with E-state index >= 15 is 0 Å². The number of phenols is 4. The first-order valence-corrected chi connectivity index (χ1v) is 16.7. The van der Waals surface area contributed by atoms with Crippen molar-refractivity contribution in [3.8, 4) is 34.5 Å². The van der Waals surface area contributed by atoms with Crippen molar-refractivity contribution in [1.29, 1.82) is 0 Å². The third-order valence-corrected chi connectivity index (χ3v) is 9.52. The standard InChI is InChI=1S/C33H42O21/c1-9-20(38)24(42)27(45)31(49-9)48-8-19-23(41)26(44)29(47)33(54-19)52-17-6-12-15(50-30(17)10-2-13(36)21(39)14(37)3-10)4-11(35)5-16(12)51-32-28(46)25(43)22(40)18(7-34)53-32/h2-6,9,18-20,22-47H,7-8H2,1H3. The summed E-state index contributed by atoms with van der Waals surface area (Å²) in [6.45, 7) is 0.0164. The van der Waals surface area contributed by atoms with Crippen molar-refractivity contribution in [2.24, 2.45) is 0 Å². The van der Waals surface area contributed by atoms with E-state index in [0.717, 1.165) is 24.3 Å². The van der Waals surface area contributed by atoms with Crippen LogP contribution in [-0.4, -0.2) is 177 Å². The van der Waals surface area contributed by atoms with Gasteiger partial charge in [-0.1, -0.05) is 0 Å². The molecule has 0 saturated carbocycles. The number of phenolic OH excluding ortho intramolecular Hbond substituents is 4. The minimum atomic E-state index is -1.97. The number of aliphatic hydroxyl groups excluding tert-OH is 10. The van der Waals surface area contributed by atoms with Crippen LogP contribution in [0.1, 0.15) is 24.2 Å². The van der Waals surface area contributed by atoms with Crippen LogP contribution in [0.3, 0.4) is 0 Å². The van der Waals surface area contributed by atoms with Gasteiger partial charge in [0.2, 0.25) is 12.6 Å². The van der Waals surface area contributed by atoms with Crippen LogP contribution in [0.2, 0.25) is 0 Å². The molecule has 300 valence electrons. The topological polar surface area (TPSA) is 348 Å². The molecule has 4 aliphatic heterocycles. The monoisotopic (exact) mass is 774 g/mol. The predicted octanol–water partition coefficient (Wildman–Crippen LogP) is -4.17. The minimum Gasteiger partial charge on any atom is -0.508 e. The Kier molecular flexibility index (Phi) is 11.6. The van der Waals surface area contributed by atoms with Crippen molar-refractivity contribution in [1.82, 2.24) is 0 Å². The fourth-order valence-electron chi connectivity index (χ4n) is 6.35. The molecular weight excluding hydrogens is 732 g/mol. The van der Waals surface area contributed by atoms with Gasteiger partial charge in [-0.25, -0.2) is 0 Å². The largest absolute Gasteiger partial charge is 0.508 e. The molecule has 0 bridgehead atoms. The molecule has 0 amide bonds. The highest BCUT2D eigenvalue weighted by molar-refractivity contribution is 5.70. The zero-order valence-electron chi connectivity index (χ0n) is 28.2.